The van der Waals surface area contributed by atoms with Crippen molar-refractivity contribution in [2.75, 3.05) is 7.11 Å². The zero-order valence-electron chi connectivity index (χ0n) is 13.1. The molecule has 122 valence electrons. The van der Waals surface area contributed by atoms with Crippen molar-refractivity contribution >= 4 is 41.8 Å². The van der Waals surface area contributed by atoms with Gasteiger partial charge in [0.1, 0.15) is 0 Å². The summed E-state index contributed by atoms with van der Waals surface area (Å²) in [6, 6.07) is 2.73. The lowest BCUT2D eigenvalue weighted by Crippen LogP contribution is -2.53. The van der Waals surface area contributed by atoms with Crippen molar-refractivity contribution < 1.29 is 24.3 Å². The molecule has 0 unspecified atom stereocenters. The van der Waals surface area contributed by atoms with Crippen molar-refractivity contribution in [3.05, 3.63) is 27.7 Å². The molecule has 0 aliphatic rings. The number of esters is 1. The van der Waals surface area contributed by atoms with E-state index in [1.807, 2.05) is 0 Å². The molecule has 0 saturated carbocycles. The van der Waals surface area contributed by atoms with E-state index < -0.39 is 24.3 Å². The molecule has 0 bridgehead atoms. The van der Waals surface area contributed by atoms with E-state index in [2.05, 4.69) is 4.74 Å². The Morgan fingerprint density at radius 1 is 1.23 bits per heavy atom. The molecular formula is C14H19BCl2O5. The maximum absolute atomic E-state index is 11.7. The van der Waals surface area contributed by atoms with Gasteiger partial charge in [-0.2, -0.15) is 0 Å². The monoisotopic (exact) mass is 348 g/mol. The van der Waals surface area contributed by atoms with Gasteiger partial charge in [-0.1, -0.05) is 23.2 Å². The fraction of sp³-hybridized carbons (Fsp3) is 0.500. The van der Waals surface area contributed by atoms with Crippen molar-refractivity contribution in [3.8, 4) is 0 Å². The van der Waals surface area contributed by atoms with Crippen LogP contribution in [0.4, 0.5) is 0 Å². The normalized spacial score (nSPS) is 12.2. The summed E-state index contributed by atoms with van der Waals surface area (Å²) in [5, 5.41) is 20.4. The number of benzene rings is 1. The van der Waals surface area contributed by atoms with Gasteiger partial charge < -0.3 is 19.5 Å². The van der Waals surface area contributed by atoms with E-state index >= 15 is 0 Å². The van der Waals surface area contributed by atoms with Crippen LogP contribution in [0.1, 0.15) is 38.1 Å². The third-order valence-electron chi connectivity index (χ3n) is 3.62. The Labute approximate surface area is 140 Å². The molecule has 0 saturated heterocycles. The summed E-state index contributed by atoms with van der Waals surface area (Å²) in [6.07, 6.45) is 0. The molecule has 0 aromatic heterocycles. The third-order valence-corrected chi connectivity index (χ3v) is 4.42. The SMILES string of the molecule is COC(=O)c1cc(B(O)OC(C)(C)C(C)(C)O)cc(Cl)c1Cl. The van der Waals surface area contributed by atoms with Crippen molar-refractivity contribution in [2.24, 2.45) is 0 Å². The first-order chi connectivity index (χ1) is 9.90. The number of carbonyl (C=O) groups is 1. The summed E-state index contributed by atoms with van der Waals surface area (Å²) in [4.78, 5) is 11.7. The third kappa shape index (κ3) is 4.15. The van der Waals surface area contributed by atoms with Gasteiger partial charge in [-0.05, 0) is 45.3 Å². The van der Waals surface area contributed by atoms with Crippen molar-refractivity contribution in [1.29, 1.82) is 0 Å². The van der Waals surface area contributed by atoms with Gasteiger partial charge >= 0.3 is 13.1 Å². The van der Waals surface area contributed by atoms with Gasteiger partial charge in [-0.3, -0.25) is 0 Å². The van der Waals surface area contributed by atoms with Crippen LogP contribution in [0.5, 0.6) is 0 Å². The average molecular weight is 349 g/mol. The topological polar surface area (TPSA) is 76.0 Å². The van der Waals surface area contributed by atoms with Crippen LogP contribution in [0.15, 0.2) is 12.1 Å². The molecule has 0 fully saturated rings. The number of halogens is 2. The molecule has 2 N–H and O–H groups in total. The zero-order valence-corrected chi connectivity index (χ0v) is 14.6. The lowest BCUT2D eigenvalue weighted by Gasteiger charge is -2.38. The minimum Gasteiger partial charge on any atom is -0.465 e. The van der Waals surface area contributed by atoms with Gasteiger partial charge in [0.2, 0.25) is 0 Å². The number of rotatable bonds is 5. The minimum absolute atomic E-state index is 0.0235. The molecule has 1 rings (SSSR count). The standard InChI is InChI=1S/C14H19BCl2O5/c1-13(2,19)14(3,4)22-15(20)8-6-9(12(18)21-5)11(17)10(16)7-8/h6-7,19-20H,1-5H3. The highest BCUT2D eigenvalue weighted by atomic mass is 35.5. The Morgan fingerprint density at radius 2 is 1.77 bits per heavy atom. The zero-order chi connectivity index (χ0) is 17.3. The molecular weight excluding hydrogens is 330 g/mol. The fourth-order valence-corrected chi connectivity index (χ4v) is 1.92. The second-order valence-electron chi connectivity index (χ2n) is 5.90. The van der Waals surface area contributed by atoms with Crippen molar-refractivity contribution in [1.82, 2.24) is 0 Å². The lowest BCUT2D eigenvalue weighted by atomic mass is 9.76. The smallest absolute Gasteiger partial charge is 0.465 e. The van der Waals surface area contributed by atoms with Gasteiger partial charge in [0.25, 0.3) is 0 Å². The Kier molecular flexibility index (Phi) is 5.92. The minimum atomic E-state index is -1.40. The highest BCUT2D eigenvalue weighted by Gasteiger charge is 2.39. The molecule has 1 aromatic rings. The quantitative estimate of drug-likeness (QED) is 0.629. The van der Waals surface area contributed by atoms with Crippen LogP contribution in [0.3, 0.4) is 0 Å². The first-order valence-electron chi connectivity index (χ1n) is 6.56. The molecule has 0 aliphatic carbocycles. The Bertz CT molecular complexity index is 569. The van der Waals surface area contributed by atoms with E-state index in [0.717, 1.165) is 0 Å². The van der Waals surface area contributed by atoms with Crippen molar-refractivity contribution in [2.45, 2.75) is 38.9 Å². The predicted octanol–water partition coefficient (Wildman–Crippen LogP) is 2.03. The Hall–Kier alpha value is -0.785. The summed E-state index contributed by atoms with van der Waals surface area (Å²) in [6.45, 7) is 6.40. The van der Waals surface area contributed by atoms with E-state index in [9.17, 15) is 14.9 Å². The molecule has 0 amide bonds. The summed E-state index contributed by atoms with van der Waals surface area (Å²) < 4.78 is 10.1. The fourth-order valence-electron chi connectivity index (χ4n) is 1.50. The maximum Gasteiger partial charge on any atom is 0.491 e. The van der Waals surface area contributed by atoms with Gasteiger partial charge in [-0.25, -0.2) is 4.79 Å². The Morgan fingerprint density at radius 3 is 2.23 bits per heavy atom. The van der Waals surface area contributed by atoms with Crippen molar-refractivity contribution in [3.63, 3.8) is 0 Å². The lowest BCUT2D eigenvalue weighted by molar-refractivity contribution is -0.0982. The van der Waals surface area contributed by atoms with E-state index in [1.165, 1.54) is 19.2 Å². The number of carbonyl (C=O) groups excluding carboxylic acids is 1. The number of aliphatic hydroxyl groups is 1. The average Bonchev–Trinajstić information content (AvgIpc) is 2.38. The molecule has 0 radical (unpaired) electrons. The molecule has 8 heteroatoms. The molecule has 0 atom stereocenters. The second-order valence-corrected chi connectivity index (χ2v) is 6.68. The molecule has 0 spiro atoms. The first kappa shape index (κ1) is 19.3. The van der Waals surface area contributed by atoms with Crippen LogP contribution in [0, 0.1) is 0 Å². The Balaban J connectivity index is 3.17. The van der Waals surface area contributed by atoms with Crippen LogP contribution in [0.2, 0.25) is 10.0 Å². The van der Waals surface area contributed by atoms with Gasteiger partial charge in [0.05, 0.1) is 33.9 Å². The summed E-state index contributed by atoms with van der Waals surface area (Å²) in [5.74, 6) is -0.678. The summed E-state index contributed by atoms with van der Waals surface area (Å²) in [5.41, 5.74) is -2.00. The van der Waals surface area contributed by atoms with E-state index in [-0.39, 0.29) is 21.1 Å². The van der Waals surface area contributed by atoms with Gasteiger partial charge in [0.15, 0.2) is 0 Å². The van der Waals surface area contributed by atoms with Crippen LogP contribution in [-0.4, -0.2) is 41.5 Å². The highest BCUT2D eigenvalue weighted by molar-refractivity contribution is 6.61. The van der Waals surface area contributed by atoms with E-state index in [0.29, 0.717) is 0 Å². The second kappa shape index (κ2) is 6.77. The number of methoxy groups -OCH3 is 1. The number of hydrogen-bond donors (Lipinski definition) is 2. The summed E-state index contributed by atoms with van der Waals surface area (Å²) >= 11 is 11.9. The molecule has 5 nitrogen and oxygen atoms in total. The van der Waals surface area contributed by atoms with Gasteiger partial charge in [-0.15, -0.1) is 0 Å². The molecule has 1 aromatic carbocycles. The predicted molar refractivity (Wildman–Crippen MR) is 86.9 cm³/mol. The summed E-state index contributed by atoms with van der Waals surface area (Å²) in [7, 11) is -0.191. The number of ether oxygens (including phenoxy) is 1. The molecule has 0 heterocycles. The molecule has 0 aliphatic heterocycles. The van der Waals surface area contributed by atoms with Crippen LogP contribution in [0.25, 0.3) is 0 Å². The maximum atomic E-state index is 11.7. The largest absolute Gasteiger partial charge is 0.491 e. The van der Waals surface area contributed by atoms with Gasteiger partial charge in [0, 0.05) is 0 Å². The van der Waals surface area contributed by atoms with E-state index in [4.69, 9.17) is 27.9 Å². The number of hydrogen-bond acceptors (Lipinski definition) is 5. The van der Waals surface area contributed by atoms with Crippen LogP contribution >= 0.6 is 23.2 Å². The van der Waals surface area contributed by atoms with Crippen LogP contribution < -0.4 is 5.46 Å². The highest BCUT2D eigenvalue weighted by Crippen LogP contribution is 2.28. The van der Waals surface area contributed by atoms with Crippen LogP contribution in [-0.2, 0) is 9.39 Å². The van der Waals surface area contributed by atoms with E-state index in [1.54, 1.807) is 27.7 Å². The first-order valence-corrected chi connectivity index (χ1v) is 7.32. The molecule has 22 heavy (non-hydrogen) atoms.